The summed E-state index contributed by atoms with van der Waals surface area (Å²) in [6, 6.07) is 12.7. The topological polar surface area (TPSA) is 70.7 Å². The summed E-state index contributed by atoms with van der Waals surface area (Å²) in [5.74, 6) is 0.128. The molecule has 0 amide bonds. The molecule has 1 heterocycles. The van der Waals surface area contributed by atoms with Crippen molar-refractivity contribution < 1.29 is 14.6 Å². The van der Waals surface area contributed by atoms with Gasteiger partial charge in [-0.15, -0.1) is 0 Å². The summed E-state index contributed by atoms with van der Waals surface area (Å²) in [4.78, 5) is 11.9. The number of benzene rings is 2. The monoisotopic (exact) mass is 254 g/mol. The van der Waals surface area contributed by atoms with Crippen LogP contribution in [0.15, 0.2) is 57.7 Å². The van der Waals surface area contributed by atoms with Crippen LogP contribution in [-0.2, 0) is 0 Å². The maximum absolute atomic E-state index is 11.9. The highest BCUT2D eigenvalue weighted by Gasteiger charge is 2.08. The lowest BCUT2D eigenvalue weighted by atomic mass is 10.1. The molecule has 0 saturated carbocycles. The van der Waals surface area contributed by atoms with Crippen molar-refractivity contribution in [1.29, 1.82) is 0 Å². The van der Waals surface area contributed by atoms with Gasteiger partial charge in [0.1, 0.15) is 17.1 Å². The van der Waals surface area contributed by atoms with Gasteiger partial charge >= 0.3 is 5.63 Å². The molecule has 0 unspecified atom stereocenters. The molecule has 4 nitrogen and oxygen atoms in total. The van der Waals surface area contributed by atoms with Crippen LogP contribution in [0.3, 0.4) is 0 Å². The van der Waals surface area contributed by atoms with Gasteiger partial charge in [-0.2, -0.15) is 0 Å². The highest BCUT2D eigenvalue weighted by atomic mass is 16.4. The van der Waals surface area contributed by atoms with Gasteiger partial charge in [0.25, 0.3) is 0 Å². The van der Waals surface area contributed by atoms with E-state index in [1.807, 2.05) is 0 Å². The molecule has 3 rings (SSSR count). The van der Waals surface area contributed by atoms with Gasteiger partial charge in [0, 0.05) is 11.5 Å². The molecule has 19 heavy (non-hydrogen) atoms. The Balaban J connectivity index is 2.28. The first-order valence-corrected chi connectivity index (χ1v) is 5.70. The number of fused-ring (bicyclic) bond motifs is 1. The zero-order chi connectivity index (χ0) is 13.4. The molecule has 0 atom stereocenters. The van der Waals surface area contributed by atoms with E-state index in [1.54, 1.807) is 24.3 Å². The molecule has 94 valence electrons. The van der Waals surface area contributed by atoms with Crippen molar-refractivity contribution in [3.63, 3.8) is 0 Å². The maximum atomic E-state index is 11.9. The van der Waals surface area contributed by atoms with Gasteiger partial charge in [-0.05, 0) is 35.9 Å². The van der Waals surface area contributed by atoms with Gasteiger partial charge in [0.05, 0.1) is 5.56 Å². The molecule has 1 aromatic heterocycles. The van der Waals surface area contributed by atoms with E-state index in [0.29, 0.717) is 22.1 Å². The van der Waals surface area contributed by atoms with Gasteiger partial charge in [-0.1, -0.05) is 12.1 Å². The van der Waals surface area contributed by atoms with Crippen LogP contribution >= 0.6 is 0 Å². The number of phenolic OH excluding ortho intramolecular Hbond substituents is 2. The molecule has 0 spiro atoms. The van der Waals surface area contributed by atoms with Crippen LogP contribution in [0, 0.1) is 0 Å². The largest absolute Gasteiger partial charge is 0.508 e. The van der Waals surface area contributed by atoms with Gasteiger partial charge in [-0.25, -0.2) is 4.79 Å². The Kier molecular flexibility index (Phi) is 2.49. The van der Waals surface area contributed by atoms with Gasteiger partial charge in [-0.3, -0.25) is 0 Å². The third kappa shape index (κ3) is 2.04. The van der Waals surface area contributed by atoms with E-state index in [9.17, 15) is 15.0 Å². The molecule has 2 aromatic carbocycles. The number of hydrogen-bond donors (Lipinski definition) is 2. The molecule has 0 bridgehead atoms. The first-order valence-electron chi connectivity index (χ1n) is 5.70. The summed E-state index contributed by atoms with van der Waals surface area (Å²) in [5, 5.41) is 19.5. The average Bonchev–Trinajstić information content (AvgIpc) is 2.37. The molecule has 0 radical (unpaired) electrons. The second kappa shape index (κ2) is 4.17. The van der Waals surface area contributed by atoms with E-state index < -0.39 is 5.63 Å². The minimum Gasteiger partial charge on any atom is -0.508 e. The first kappa shape index (κ1) is 11.3. The van der Waals surface area contributed by atoms with E-state index in [-0.39, 0.29) is 11.5 Å². The van der Waals surface area contributed by atoms with Crippen LogP contribution < -0.4 is 5.63 Å². The smallest absolute Gasteiger partial charge is 0.344 e. The Morgan fingerprint density at radius 3 is 2.47 bits per heavy atom. The van der Waals surface area contributed by atoms with Crippen molar-refractivity contribution in [3.05, 3.63) is 59.0 Å². The minimum atomic E-state index is -0.510. The molecular weight excluding hydrogens is 244 g/mol. The predicted molar refractivity (Wildman–Crippen MR) is 71.2 cm³/mol. The fourth-order valence-corrected chi connectivity index (χ4v) is 1.97. The van der Waals surface area contributed by atoms with Crippen LogP contribution in [0.25, 0.3) is 22.1 Å². The van der Waals surface area contributed by atoms with E-state index in [4.69, 9.17) is 4.42 Å². The molecule has 0 fully saturated rings. The normalized spacial score (nSPS) is 10.7. The Labute approximate surface area is 108 Å². The highest BCUT2D eigenvalue weighted by molar-refractivity contribution is 5.82. The van der Waals surface area contributed by atoms with Crippen molar-refractivity contribution in [2.24, 2.45) is 0 Å². The van der Waals surface area contributed by atoms with Crippen molar-refractivity contribution in [2.75, 3.05) is 0 Å². The Morgan fingerprint density at radius 2 is 1.68 bits per heavy atom. The molecule has 0 aliphatic carbocycles. The molecule has 0 aliphatic heterocycles. The van der Waals surface area contributed by atoms with Crippen molar-refractivity contribution in [1.82, 2.24) is 0 Å². The summed E-state index contributed by atoms with van der Waals surface area (Å²) in [5.41, 5.74) is 0.774. The molecule has 0 saturated heterocycles. The van der Waals surface area contributed by atoms with Crippen molar-refractivity contribution in [2.45, 2.75) is 0 Å². The second-order valence-corrected chi connectivity index (χ2v) is 4.22. The molecule has 4 heteroatoms. The standard InChI is InChI=1S/C15H10O4/c16-11-3-1-2-9(6-11)13-7-10-4-5-12(17)8-14(10)19-15(13)18/h1-8,16-17H. The van der Waals surface area contributed by atoms with Gasteiger partial charge < -0.3 is 14.6 Å². The van der Waals surface area contributed by atoms with Crippen LogP contribution in [0.4, 0.5) is 0 Å². The maximum Gasteiger partial charge on any atom is 0.344 e. The molecule has 0 aliphatic rings. The Bertz CT molecular complexity index is 818. The quantitative estimate of drug-likeness (QED) is 0.655. The first-order chi connectivity index (χ1) is 9.13. The Morgan fingerprint density at radius 1 is 0.895 bits per heavy atom. The SMILES string of the molecule is O=c1oc2cc(O)ccc2cc1-c1cccc(O)c1. The van der Waals surface area contributed by atoms with Crippen molar-refractivity contribution >= 4 is 11.0 Å². The van der Waals surface area contributed by atoms with Gasteiger partial charge in [0.2, 0.25) is 0 Å². The zero-order valence-corrected chi connectivity index (χ0v) is 9.83. The van der Waals surface area contributed by atoms with E-state index in [1.165, 1.54) is 24.3 Å². The molecular formula is C15H10O4. The summed E-state index contributed by atoms with van der Waals surface area (Å²) in [6.45, 7) is 0. The number of phenols is 2. The summed E-state index contributed by atoms with van der Waals surface area (Å²) in [7, 11) is 0. The fourth-order valence-electron chi connectivity index (χ4n) is 1.97. The third-order valence-electron chi connectivity index (χ3n) is 2.88. The Hall–Kier alpha value is -2.75. The zero-order valence-electron chi connectivity index (χ0n) is 9.83. The number of aromatic hydroxyl groups is 2. The lowest BCUT2D eigenvalue weighted by molar-refractivity contribution is 0.473. The van der Waals surface area contributed by atoms with Crippen LogP contribution in [0.5, 0.6) is 11.5 Å². The summed E-state index contributed by atoms with van der Waals surface area (Å²) < 4.78 is 5.17. The summed E-state index contributed by atoms with van der Waals surface area (Å²) in [6.07, 6.45) is 0. The minimum absolute atomic E-state index is 0.0424. The predicted octanol–water partition coefficient (Wildman–Crippen LogP) is 2.87. The fraction of sp³-hybridized carbons (Fsp3) is 0. The lowest BCUT2D eigenvalue weighted by Gasteiger charge is -2.03. The van der Waals surface area contributed by atoms with Crippen molar-refractivity contribution in [3.8, 4) is 22.6 Å². The number of rotatable bonds is 1. The highest BCUT2D eigenvalue weighted by Crippen LogP contribution is 2.25. The van der Waals surface area contributed by atoms with E-state index in [0.717, 1.165) is 0 Å². The van der Waals surface area contributed by atoms with Crippen LogP contribution in [-0.4, -0.2) is 10.2 Å². The van der Waals surface area contributed by atoms with E-state index >= 15 is 0 Å². The molecule has 3 aromatic rings. The van der Waals surface area contributed by atoms with Crippen LogP contribution in [0.2, 0.25) is 0 Å². The molecule has 2 N–H and O–H groups in total. The third-order valence-corrected chi connectivity index (χ3v) is 2.88. The average molecular weight is 254 g/mol. The summed E-state index contributed by atoms with van der Waals surface area (Å²) >= 11 is 0. The number of hydrogen-bond acceptors (Lipinski definition) is 4. The second-order valence-electron chi connectivity index (χ2n) is 4.22. The van der Waals surface area contributed by atoms with Crippen LogP contribution in [0.1, 0.15) is 0 Å². The lowest BCUT2D eigenvalue weighted by Crippen LogP contribution is -2.02. The van der Waals surface area contributed by atoms with Gasteiger partial charge in [0.15, 0.2) is 0 Å². The van der Waals surface area contributed by atoms with E-state index in [2.05, 4.69) is 0 Å².